The standard InChI is InChI=1S/C16H18F2N4O2S/c1-2-22(12-5-6-25(23,24)9-12)16-8-15(19-10-20-16)21-14-4-3-11(17)7-13(14)18/h3-4,7-8,10,12H,2,5-6,9H2,1H3,(H,19,20,21). The summed E-state index contributed by atoms with van der Waals surface area (Å²) in [6.45, 7) is 2.50. The third-order valence-electron chi connectivity index (χ3n) is 4.13. The number of aromatic nitrogens is 2. The minimum Gasteiger partial charge on any atom is -0.353 e. The average molecular weight is 368 g/mol. The summed E-state index contributed by atoms with van der Waals surface area (Å²) in [5.41, 5.74) is 0.0949. The van der Waals surface area contributed by atoms with Crippen molar-refractivity contribution in [2.45, 2.75) is 19.4 Å². The van der Waals surface area contributed by atoms with Gasteiger partial charge in [-0.15, -0.1) is 0 Å². The van der Waals surface area contributed by atoms with Gasteiger partial charge in [0.1, 0.15) is 29.6 Å². The first-order valence-electron chi connectivity index (χ1n) is 7.89. The van der Waals surface area contributed by atoms with Gasteiger partial charge in [-0.05, 0) is 25.5 Å². The first-order valence-corrected chi connectivity index (χ1v) is 9.71. The highest BCUT2D eigenvalue weighted by molar-refractivity contribution is 7.91. The summed E-state index contributed by atoms with van der Waals surface area (Å²) in [5.74, 6) is -0.217. The highest BCUT2D eigenvalue weighted by Gasteiger charge is 2.32. The van der Waals surface area contributed by atoms with Crippen molar-refractivity contribution in [3.05, 3.63) is 42.2 Å². The third kappa shape index (κ3) is 4.04. The van der Waals surface area contributed by atoms with Gasteiger partial charge in [0.2, 0.25) is 0 Å². The molecule has 1 unspecified atom stereocenters. The number of anilines is 3. The van der Waals surface area contributed by atoms with Gasteiger partial charge in [-0.2, -0.15) is 0 Å². The molecule has 0 aliphatic carbocycles. The van der Waals surface area contributed by atoms with Crippen LogP contribution in [0.25, 0.3) is 0 Å². The number of halogens is 2. The monoisotopic (exact) mass is 368 g/mol. The zero-order valence-electron chi connectivity index (χ0n) is 13.6. The quantitative estimate of drug-likeness (QED) is 0.874. The molecule has 3 rings (SSSR count). The van der Waals surface area contributed by atoms with Gasteiger partial charge >= 0.3 is 0 Å². The fourth-order valence-electron chi connectivity index (χ4n) is 2.93. The smallest absolute Gasteiger partial charge is 0.152 e. The Bertz CT molecular complexity index is 876. The number of nitrogens with zero attached hydrogens (tertiary/aromatic N) is 3. The van der Waals surface area contributed by atoms with Crippen LogP contribution in [-0.4, -0.2) is 42.5 Å². The molecule has 1 fully saturated rings. The predicted octanol–water partition coefficient (Wildman–Crippen LogP) is 2.51. The van der Waals surface area contributed by atoms with Crippen molar-refractivity contribution >= 4 is 27.2 Å². The molecule has 0 radical (unpaired) electrons. The van der Waals surface area contributed by atoms with Crippen LogP contribution in [0.3, 0.4) is 0 Å². The lowest BCUT2D eigenvalue weighted by Crippen LogP contribution is -2.36. The summed E-state index contributed by atoms with van der Waals surface area (Å²) in [5, 5.41) is 2.79. The molecule has 0 bridgehead atoms. The second-order valence-electron chi connectivity index (χ2n) is 5.85. The summed E-state index contributed by atoms with van der Waals surface area (Å²) in [7, 11) is -3.01. The van der Waals surface area contributed by atoms with E-state index in [0.717, 1.165) is 12.1 Å². The molecule has 1 aliphatic rings. The lowest BCUT2D eigenvalue weighted by Gasteiger charge is -2.28. The Hall–Kier alpha value is -2.29. The Kier molecular flexibility index (Phi) is 4.85. The van der Waals surface area contributed by atoms with Crippen LogP contribution in [0.2, 0.25) is 0 Å². The molecule has 1 saturated heterocycles. The van der Waals surface area contributed by atoms with Crippen LogP contribution in [-0.2, 0) is 9.84 Å². The molecule has 1 aromatic heterocycles. The van der Waals surface area contributed by atoms with E-state index in [2.05, 4.69) is 15.3 Å². The average Bonchev–Trinajstić information content (AvgIpc) is 2.91. The van der Waals surface area contributed by atoms with E-state index in [9.17, 15) is 17.2 Å². The maximum atomic E-state index is 13.8. The van der Waals surface area contributed by atoms with E-state index in [0.29, 0.717) is 24.6 Å². The Balaban J connectivity index is 1.82. The van der Waals surface area contributed by atoms with Crippen molar-refractivity contribution in [2.75, 3.05) is 28.3 Å². The molecule has 0 saturated carbocycles. The Morgan fingerprint density at radius 3 is 2.72 bits per heavy atom. The van der Waals surface area contributed by atoms with Crippen molar-refractivity contribution in [1.29, 1.82) is 0 Å². The summed E-state index contributed by atoms with van der Waals surface area (Å²) in [6.07, 6.45) is 1.88. The second kappa shape index (κ2) is 6.91. The van der Waals surface area contributed by atoms with Crippen molar-refractivity contribution in [1.82, 2.24) is 9.97 Å². The van der Waals surface area contributed by atoms with Gasteiger partial charge in [0, 0.05) is 24.7 Å². The normalized spacial score (nSPS) is 18.9. The van der Waals surface area contributed by atoms with Crippen LogP contribution in [0.5, 0.6) is 0 Å². The summed E-state index contributed by atoms with van der Waals surface area (Å²) in [6, 6.07) is 4.70. The van der Waals surface area contributed by atoms with Crippen LogP contribution in [0, 0.1) is 11.6 Å². The molecule has 2 heterocycles. The summed E-state index contributed by atoms with van der Waals surface area (Å²) < 4.78 is 50.2. The number of nitrogens with one attached hydrogen (secondary N) is 1. The van der Waals surface area contributed by atoms with Crippen LogP contribution in [0.4, 0.5) is 26.1 Å². The molecule has 1 N–H and O–H groups in total. The van der Waals surface area contributed by atoms with E-state index in [1.54, 1.807) is 6.07 Å². The fraction of sp³-hybridized carbons (Fsp3) is 0.375. The van der Waals surface area contributed by atoms with Crippen molar-refractivity contribution < 1.29 is 17.2 Å². The molecule has 25 heavy (non-hydrogen) atoms. The molecular formula is C16H18F2N4O2S. The van der Waals surface area contributed by atoms with Crippen LogP contribution in [0.15, 0.2) is 30.6 Å². The third-order valence-corrected chi connectivity index (χ3v) is 5.88. The molecule has 1 atom stereocenters. The fourth-order valence-corrected chi connectivity index (χ4v) is 4.66. The topological polar surface area (TPSA) is 75.2 Å². The first-order chi connectivity index (χ1) is 11.9. The van der Waals surface area contributed by atoms with Gasteiger partial charge < -0.3 is 10.2 Å². The van der Waals surface area contributed by atoms with Gasteiger partial charge in [-0.25, -0.2) is 27.2 Å². The zero-order valence-corrected chi connectivity index (χ0v) is 14.4. The van der Waals surface area contributed by atoms with Crippen molar-refractivity contribution in [3.63, 3.8) is 0 Å². The minimum absolute atomic E-state index is 0.0949. The maximum absolute atomic E-state index is 13.8. The van der Waals surface area contributed by atoms with E-state index in [1.807, 2.05) is 11.8 Å². The molecule has 0 spiro atoms. The zero-order chi connectivity index (χ0) is 18.0. The summed E-state index contributed by atoms with van der Waals surface area (Å²) in [4.78, 5) is 10.2. The highest BCUT2D eigenvalue weighted by Crippen LogP contribution is 2.25. The molecular weight excluding hydrogens is 350 g/mol. The van der Waals surface area contributed by atoms with Crippen LogP contribution < -0.4 is 10.2 Å². The van der Waals surface area contributed by atoms with E-state index >= 15 is 0 Å². The lowest BCUT2D eigenvalue weighted by atomic mass is 10.2. The van der Waals surface area contributed by atoms with Gasteiger partial charge in [0.05, 0.1) is 17.2 Å². The largest absolute Gasteiger partial charge is 0.353 e. The van der Waals surface area contributed by atoms with E-state index in [1.165, 1.54) is 12.4 Å². The van der Waals surface area contributed by atoms with Crippen LogP contribution >= 0.6 is 0 Å². The number of hydrogen-bond acceptors (Lipinski definition) is 6. The number of benzene rings is 1. The SMILES string of the molecule is CCN(c1cc(Nc2ccc(F)cc2F)ncn1)C1CCS(=O)(=O)C1. The van der Waals surface area contributed by atoms with E-state index < -0.39 is 21.5 Å². The molecule has 0 amide bonds. The summed E-state index contributed by atoms with van der Waals surface area (Å²) >= 11 is 0. The molecule has 1 aliphatic heterocycles. The second-order valence-corrected chi connectivity index (χ2v) is 8.08. The van der Waals surface area contributed by atoms with Gasteiger partial charge in [0.15, 0.2) is 9.84 Å². The van der Waals surface area contributed by atoms with Crippen molar-refractivity contribution in [3.8, 4) is 0 Å². The van der Waals surface area contributed by atoms with E-state index in [-0.39, 0.29) is 23.2 Å². The Morgan fingerprint density at radius 1 is 1.28 bits per heavy atom. The highest BCUT2D eigenvalue weighted by atomic mass is 32.2. The van der Waals surface area contributed by atoms with Crippen molar-refractivity contribution in [2.24, 2.45) is 0 Å². The number of hydrogen-bond donors (Lipinski definition) is 1. The van der Waals surface area contributed by atoms with E-state index in [4.69, 9.17) is 0 Å². The molecule has 1 aromatic carbocycles. The minimum atomic E-state index is -3.01. The number of sulfone groups is 1. The van der Waals surface area contributed by atoms with Gasteiger partial charge in [0.25, 0.3) is 0 Å². The number of rotatable bonds is 5. The van der Waals surface area contributed by atoms with Gasteiger partial charge in [-0.1, -0.05) is 0 Å². The Morgan fingerprint density at radius 2 is 2.08 bits per heavy atom. The maximum Gasteiger partial charge on any atom is 0.152 e. The molecule has 6 nitrogen and oxygen atoms in total. The predicted molar refractivity (Wildman–Crippen MR) is 91.8 cm³/mol. The molecule has 2 aromatic rings. The van der Waals surface area contributed by atoms with Crippen LogP contribution in [0.1, 0.15) is 13.3 Å². The van der Waals surface area contributed by atoms with Gasteiger partial charge in [-0.3, -0.25) is 0 Å². The first kappa shape index (κ1) is 17.5. The molecule has 9 heteroatoms. The molecule has 134 valence electrons. The lowest BCUT2D eigenvalue weighted by molar-refractivity contribution is 0.586. The Labute approximate surface area is 144 Å².